The summed E-state index contributed by atoms with van der Waals surface area (Å²) < 4.78 is 17.3. The van der Waals surface area contributed by atoms with Gasteiger partial charge in [-0.05, 0) is 18.2 Å². The van der Waals surface area contributed by atoms with Crippen LogP contribution in [0.1, 0.15) is 0 Å². The Morgan fingerprint density at radius 1 is 1.42 bits per heavy atom. The number of amides is 1. The average Bonchev–Trinajstić information content (AvgIpc) is 2.34. The van der Waals surface area contributed by atoms with Gasteiger partial charge in [0.1, 0.15) is 12.4 Å². The Bertz CT molecular complexity index is 484. The minimum atomic E-state index is -1.59. The lowest BCUT2D eigenvalue weighted by atomic mass is 10.3. The van der Waals surface area contributed by atoms with E-state index in [2.05, 4.69) is 0 Å². The molecular formula is C11H10Cl2FNO4. The van der Waals surface area contributed by atoms with Crippen molar-refractivity contribution in [2.24, 2.45) is 0 Å². The van der Waals surface area contributed by atoms with Gasteiger partial charge in [-0.1, -0.05) is 23.2 Å². The molecule has 0 aliphatic heterocycles. The lowest BCUT2D eigenvalue weighted by Gasteiger charge is -2.12. The maximum atomic E-state index is 12.3. The van der Waals surface area contributed by atoms with Crippen LogP contribution in [-0.2, 0) is 9.59 Å². The molecule has 0 saturated heterocycles. The Balaban J connectivity index is 2.52. The second-order valence-electron chi connectivity index (χ2n) is 3.48. The van der Waals surface area contributed by atoms with Crippen LogP contribution in [0.25, 0.3) is 0 Å². The fraction of sp³-hybridized carbons (Fsp3) is 0.273. The fourth-order valence-corrected chi connectivity index (χ4v) is 1.60. The van der Waals surface area contributed by atoms with E-state index in [1.54, 1.807) is 0 Å². The zero-order chi connectivity index (χ0) is 14.4. The van der Waals surface area contributed by atoms with E-state index in [1.165, 1.54) is 18.2 Å². The van der Waals surface area contributed by atoms with E-state index in [4.69, 9.17) is 33.0 Å². The van der Waals surface area contributed by atoms with Gasteiger partial charge in [-0.3, -0.25) is 4.79 Å². The molecule has 19 heavy (non-hydrogen) atoms. The highest BCUT2D eigenvalue weighted by Crippen LogP contribution is 2.27. The molecule has 1 rings (SSSR count). The Morgan fingerprint density at radius 3 is 2.63 bits per heavy atom. The van der Waals surface area contributed by atoms with Crippen molar-refractivity contribution in [1.82, 2.24) is 5.32 Å². The summed E-state index contributed by atoms with van der Waals surface area (Å²) in [4.78, 5) is 21.8. The van der Waals surface area contributed by atoms with Crippen molar-refractivity contribution in [2.75, 3.05) is 13.3 Å². The molecule has 0 saturated carbocycles. The third-order valence-electron chi connectivity index (χ3n) is 2.04. The zero-order valence-corrected chi connectivity index (χ0v) is 11.0. The van der Waals surface area contributed by atoms with Crippen molar-refractivity contribution in [3.8, 4) is 5.75 Å². The van der Waals surface area contributed by atoms with Gasteiger partial charge in [0.15, 0.2) is 12.6 Å². The largest absolute Gasteiger partial charge is 0.482 e. The number of hydrogen-bond donors (Lipinski definition) is 2. The number of ether oxygens (including phenoxy) is 1. The van der Waals surface area contributed by atoms with Crippen molar-refractivity contribution in [3.05, 3.63) is 28.2 Å². The molecule has 0 heterocycles. The van der Waals surface area contributed by atoms with Gasteiger partial charge in [-0.25, -0.2) is 9.18 Å². The van der Waals surface area contributed by atoms with Gasteiger partial charge in [0.25, 0.3) is 5.91 Å². The molecule has 1 aromatic rings. The second-order valence-corrected chi connectivity index (χ2v) is 4.32. The molecule has 8 heteroatoms. The summed E-state index contributed by atoms with van der Waals surface area (Å²) in [6, 6.07) is 2.82. The topological polar surface area (TPSA) is 75.6 Å². The summed E-state index contributed by atoms with van der Waals surface area (Å²) >= 11 is 11.5. The van der Waals surface area contributed by atoms with Gasteiger partial charge in [0.2, 0.25) is 0 Å². The number of carbonyl (C=O) groups excluding carboxylic acids is 1. The van der Waals surface area contributed by atoms with Gasteiger partial charge in [-0.2, -0.15) is 0 Å². The molecule has 0 aliphatic rings. The highest BCUT2D eigenvalue weighted by Gasteiger charge is 2.19. The summed E-state index contributed by atoms with van der Waals surface area (Å²) in [6.07, 6.45) is 0. The Labute approximate surface area is 118 Å². The van der Waals surface area contributed by atoms with Crippen molar-refractivity contribution < 1.29 is 23.8 Å². The van der Waals surface area contributed by atoms with Crippen LogP contribution in [0.2, 0.25) is 10.0 Å². The van der Waals surface area contributed by atoms with Gasteiger partial charge in [0, 0.05) is 5.02 Å². The summed E-state index contributed by atoms with van der Waals surface area (Å²) in [6.45, 7) is -1.69. The van der Waals surface area contributed by atoms with Crippen LogP contribution in [0.4, 0.5) is 4.39 Å². The first-order chi connectivity index (χ1) is 8.93. The first kappa shape index (κ1) is 15.5. The van der Waals surface area contributed by atoms with Crippen LogP contribution in [-0.4, -0.2) is 36.3 Å². The van der Waals surface area contributed by atoms with Crippen molar-refractivity contribution in [2.45, 2.75) is 6.04 Å². The quantitative estimate of drug-likeness (QED) is 0.841. The SMILES string of the molecule is O=C(COc1ccc(Cl)cc1Cl)NC(CF)C(=O)O. The summed E-state index contributed by atoms with van der Waals surface area (Å²) in [7, 11) is 0. The second kappa shape index (κ2) is 7.16. The lowest BCUT2D eigenvalue weighted by molar-refractivity contribution is -0.142. The zero-order valence-electron chi connectivity index (χ0n) is 9.53. The number of hydrogen-bond acceptors (Lipinski definition) is 3. The van der Waals surface area contributed by atoms with E-state index >= 15 is 0 Å². The number of benzene rings is 1. The predicted octanol–water partition coefficient (Wildman–Crippen LogP) is 1.91. The highest BCUT2D eigenvalue weighted by atomic mass is 35.5. The molecular weight excluding hydrogens is 300 g/mol. The monoisotopic (exact) mass is 309 g/mol. The molecule has 1 unspecified atom stereocenters. The molecule has 0 bridgehead atoms. The number of nitrogens with one attached hydrogen (secondary N) is 1. The van der Waals surface area contributed by atoms with Crippen molar-refractivity contribution in [3.63, 3.8) is 0 Å². The summed E-state index contributed by atoms with van der Waals surface area (Å²) in [5.74, 6) is -2.01. The number of carbonyl (C=O) groups is 2. The molecule has 104 valence electrons. The van der Waals surface area contributed by atoms with Gasteiger partial charge < -0.3 is 15.2 Å². The predicted molar refractivity (Wildman–Crippen MR) is 67.5 cm³/mol. The third kappa shape index (κ3) is 4.92. The number of carboxylic acid groups (broad SMARTS) is 1. The number of halogens is 3. The van der Waals surface area contributed by atoms with E-state index < -0.39 is 31.2 Å². The minimum Gasteiger partial charge on any atom is -0.482 e. The smallest absolute Gasteiger partial charge is 0.328 e. The Kier molecular flexibility index (Phi) is 5.85. The number of aliphatic carboxylic acids is 1. The molecule has 0 aliphatic carbocycles. The maximum Gasteiger partial charge on any atom is 0.328 e. The molecule has 0 radical (unpaired) electrons. The van der Waals surface area contributed by atoms with E-state index in [-0.39, 0.29) is 10.8 Å². The average molecular weight is 310 g/mol. The van der Waals surface area contributed by atoms with Gasteiger partial charge in [-0.15, -0.1) is 0 Å². The van der Waals surface area contributed by atoms with Gasteiger partial charge in [0.05, 0.1) is 5.02 Å². The van der Waals surface area contributed by atoms with Crippen LogP contribution >= 0.6 is 23.2 Å². The summed E-state index contributed by atoms with van der Waals surface area (Å²) in [5, 5.41) is 11.1. The van der Waals surface area contributed by atoms with Gasteiger partial charge >= 0.3 is 5.97 Å². The van der Waals surface area contributed by atoms with Crippen molar-refractivity contribution >= 4 is 35.1 Å². The lowest BCUT2D eigenvalue weighted by Crippen LogP contribution is -2.44. The molecule has 0 fully saturated rings. The molecule has 1 amide bonds. The van der Waals surface area contributed by atoms with Crippen LogP contribution in [0.3, 0.4) is 0 Å². The Morgan fingerprint density at radius 2 is 2.11 bits per heavy atom. The maximum absolute atomic E-state index is 12.3. The number of carboxylic acids is 1. The normalized spacial score (nSPS) is 11.7. The standard InChI is InChI=1S/C11H10Cl2FNO4/c12-6-1-2-9(7(13)3-6)19-5-10(16)15-8(4-14)11(17)18/h1-3,8H,4-5H2,(H,15,16)(H,17,18). The molecule has 1 atom stereocenters. The first-order valence-electron chi connectivity index (χ1n) is 5.10. The first-order valence-corrected chi connectivity index (χ1v) is 5.85. The van der Waals surface area contributed by atoms with E-state index in [9.17, 15) is 14.0 Å². The molecule has 2 N–H and O–H groups in total. The van der Waals surface area contributed by atoms with Crippen LogP contribution in [0.5, 0.6) is 5.75 Å². The van der Waals surface area contributed by atoms with Crippen LogP contribution in [0, 0.1) is 0 Å². The molecule has 1 aromatic carbocycles. The molecule has 0 aromatic heterocycles. The molecule has 0 spiro atoms. The minimum absolute atomic E-state index is 0.209. The van der Waals surface area contributed by atoms with Crippen molar-refractivity contribution in [1.29, 1.82) is 0 Å². The fourth-order valence-electron chi connectivity index (χ4n) is 1.14. The summed E-state index contributed by atoms with van der Waals surface area (Å²) in [5.41, 5.74) is 0. The number of rotatable bonds is 6. The Hall–Kier alpha value is -1.53. The third-order valence-corrected chi connectivity index (χ3v) is 2.57. The van der Waals surface area contributed by atoms with Crippen LogP contribution in [0.15, 0.2) is 18.2 Å². The van der Waals surface area contributed by atoms with E-state index in [1.807, 2.05) is 5.32 Å². The van der Waals surface area contributed by atoms with E-state index in [0.29, 0.717) is 5.02 Å². The van der Waals surface area contributed by atoms with E-state index in [0.717, 1.165) is 0 Å². The number of alkyl halides is 1. The van der Waals surface area contributed by atoms with Crippen LogP contribution < -0.4 is 10.1 Å². The highest BCUT2D eigenvalue weighted by molar-refractivity contribution is 6.35. The molecule has 5 nitrogen and oxygen atoms in total.